The van der Waals surface area contributed by atoms with Crippen LogP contribution in [0.3, 0.4) is 0 Å². The van der Waals surface area contributed by atoms with E-state index in [-0.39, 0.29) is 6.54 Å². The Morgan fingerprint density at radius 2 is 1.84 bits per heavy atom. The number of nitrogens with two attached hydrogens (primary N) is 1. The van der Waals surface area contributed by atoms with E-state index in [0.29, 0.717) is 12.1 Å². The molecule has 1 rings (SSSR count). The molecule has 106 valence electrons. The van der Waals surface area contributed by atoms with Gasteiger partial charge < -0.3 is 11.1 Å². The number of amides is 1. The first kappa shape index (κ1) is 15.7. The lowest BCUT2D eigenvalue weighted by atomic mass is 10.3. The summed E-state index contributed by atoms with van der Waals surface area (Å²) in [6.45, 7) is 3.27. The Balaban J connectivity index is 2.77. The third-order valence-corrected chi connectivity index (χ3v) is 5.59. The van der Waals surface area contributed by atoms with Crippen LogP contribution in [-0.4, -0.2) is 31.4 Å². The molecule has 3 N–H and O–H groups in total. The molecule has 0 aliphatic rings. The van der Waals surface area contributed by atoms with Crippen molar-refractivity contribution in [2.24, 2.45) is 5.73 Å². The van der Waals surface area contributed by atoms with Gasteiger partial charge in [-0.1, -0.05) is 18.2 Å². The third-order valence-electron chi connectivity index (χ3n) is 3.04. The molecule has 1 aromatic rings. The van der Waals surface area contributed by atoms with Gasteiger partial charge in [0.2, 0.25) is 5.91 Å². The second-order valence-electron chi connectivity index (χ2n) is 4.47. The first-order chi connectivity index (χ1) is 8.89. The maximum atomic E-state index is 12.1. The van der Waals surface area contributed by atoms with Crippen molar-refractivity contribution in [3.05, 3.63) is 30.3 Å². The minimum atomic E-state index is -3.51. The predicted molar refractivity (Wildman–Crippen MR) is 76.6 cm³/mol. The number of carbonyl (C=O) groups excluding carboxylic acids is 1. The lowest BCUT2D eigenvalue weighted by Gasteiger charge is -2.18. The summed E-state index contributed by atoms with van der Waals surface area (Å²) in [4.78, 5) is 11.9. The Kier molecular flexibility index (Phi) is 5.50. The zero-order valence-electron chi connectivity index (χ0n) is 11.2. The molecule has 5 nitrogen and oxygen atoms in total. The Morgan fingerprint density at radius 3 is 2.37 bits per heavy atom. The van der Waals surface area contributed by atoms with Crippen LogP contribution >= 0.6 is 0 Å². The first-order valence-corrected chi connectivity index (χ1v) is 7.79. The van der Waals surface area contributed by atoms with E-state index in [1.165, 1.54) is 6.92 Å². The van der Waals surface area contributed by atoms with Crippen LogP contribution in [0.5, 0.6) is 0 Å². The summed E-state index contributed by atoms with van der Waals surface area (Å²) in [7, 11) is -3.51. The van der Waals surface area contributed by atoms with Gasteiger partial charge in [-0.25, -0.2) is 8.42 Å². The fraction of sp³-hybridized carbons (Fsp3) is 0.462. The number of hydrogen-bond acceptors (Lipinski definition) is 4. The number of nitrogens with one attached hydrogen (secondary N) is 1. The van der Waals surface area contributed by atoms with Gasteiger partial charge in [0.25, 0.3) is 0 Å². The molecule has 0 aliphatic heterocycles. The highest BCUT2D eigenvalue weighted by molar-refractivity contribution is 7.93. The van der Waals surface area contributed by atoms with Gasteiger partial charge >= 0.3 is 0 Å². The van der Waals surface area contributed by atoms with Crippen molar-refractivity contribution in [2.75, 3.05) is 11.9 Å². The second-order valence-corrected chi connectivity index (χ2v) is 7.16. The number of para-hydroxylation sites is 1. The van der Waals surface area contributed by atoms with Crippen LogP contribution in [0.4, 0.5) is 5.69 Å². The molecule has 0 radical (unpaired) electrons. The van der Waals surface area contributed by atoms with E-state index in [4.69, 9.17) is 5.73 Å². The lowest BCUT2D eigenvalue weighted by molar-refractivity contribution is -0.115. The van der Waals surface area contributed by atoms with Crippen molar-refractivity contribution in [1.82, 2.24) is 0 Å². The van der Waals surface area contributed by atoms with Crippen LogP contribution in [0, 0.1) is 0 Å². The van der Waals surface area contributed by atoms with Crippen molar-refractivity contribution in [1.29, 1.82) is 0 Å². The van der Waals surface area contributed by atoms with Gasteiger partial charge in [0.15, 0.2) is 9.84 Å². The van der Waals surface area contributed by atoms with Gasteiger partial charge in [0.1, 0.15) is 5.25 Å². The van der Waals surface area contributed by atoms with Crippen LogP contribution in [0.15, 0.2) is 30.3 Å². The smallest absolute Gasteiger partial charge is 0.242 e. The molecule has 0 heterocycles. The van der Waals surface area contributed by atoms with Gasteiger partial charge in [-0.2, -0.15) is 0 Å². The summed E-state index contributed by atoms with van der Waals surface area (Å²) in [5, 5.41) is 0.890. The molecule has 0 saturated carbocycles. The first-order valence-electron chi connectivity index (χ1n) is 6.18. The molecule has 2 atom stereocenters. The van der Waals surface area contributed by atoms with Crippen LogP contribution in [0.1, 0.15) is 20.3 Å². The minimum absolute atomic E-state index is 0.285. The molecule has 2 unspecified atom stereocenters. The molecule has 0 fully saturated rings. The predicted octanol–water partition coefficient (Wildman–Crippen LogP) is 1.17. The zero-order valence-corrected chi connectivity index (χ0v) is 12.0. The van der Waals surface area contributed by atoms with Gasteiger partial charge in [-0.15, -0.1) is 0 Å². The van der Waals surface area contributed by atoms with E-state index in [9.17, 15) is 13.2 Å². The lowest BCUT2D eigenvalue weighted by Crippen LogP contribution is -2.38. The van der Waals surface area contributed by atoms with E-state index in [0.717, 1.165) is 0 Å². The van der Waals surface area contributed by atoms with Crippen molar-refractivity contribution < 1.29 is 13.2 Å². The van der Waals surface area contributed by atoms with E-state index in [1.54, 1.807) is 31.2 Å². The average Bonchev–Trinajstić information content (AvgIpc) is 2.39. The molecule has 0 bridgehead atoms. The van der Waals surface area contributed by atoms with Crippen molar-refractivity contribution in [3.8, 4) is 0 Å². The van der Waals surface area contributed by atoms with Gasteiger partial charge in [-0.05, 0) is 38.9 Å². The molecule has 6 heteroatoms. The number of rotatable bonds is 6. The van der Waals surface area contributed by atoms with Crippen molar-refractivity contribution in [2.45, 2.75) is 30.8 Å². The maximum Gasteiger partial charge on any atom is 0.242 e. The molecule has 19 heavy (non-hydrogen) atoms. The number of anilines is 1. The largest absolute Gasteiger partial charge is 0.330 e. The second kappa shape index (κ2) is 6.68. The Labute approximate surface area is 114 Å². The minimum Gasteiger partial charge on any atom is -0.330 e. The summed E-state index contributed by atoms with van der Waals surface area (Å²) in [5.41, 5.74) is 5.95. The molecule has 0 spiro atoms. The summed E-state index contributed by atoms with van der Waals surface area (Å²) >= 11 is 0. The van der Waals surface area contributed by atoms with Crippen LogP contribution < -0.4 is 11.1 Å². The van der Waals surface area contributed by atoms with Gasteiger partial charge in [0, 0.05) is 5.69 Å². The van der Waals surface area contributed by atoms with Crippen molar-refractivity contribution >= 4 is 21.4 Å². The van der Waals surface area contributed by atoms with Gasteiger partial charge in [0.05, 0.1) is 5.25 Å². The maximum absolute atomic E-state index is 12.1. The highest BCUT2D eigenvalue weighted by Crippen LogP contribution is 2.14. The SMILES string of the molecule is CC(CCN)S(=O)(=O)C(C)C(=O)Nc1ccccc1. The van der Waals surface area contributed by atoms with E-state index in [2.05, 4.69) is 5.32 Å². The van der Waals surface area contributed by atoms with Crippen LogP contribution in [0.25, 0.3) is 0 Å². The van der Waals surface area contributed by atoms with E-state index >= 15 is 0 Å². The van der Waals surface area contributed by atoms with Crippen LogP contribution in [-0.2, 0) is 14.6 Å². The summed E-state index contributed by atoms with van der Waals surface area (Å²) < 4.78 is 24.3. The molecule has 0 aliphatic carbocycles. The summed E-state index contributed by atoms with van der Waals surface area (Å²) in [6.07, 6.45) is 0.352. The number of benzene rings is 1. The molecule has 1 amide bonds. The number of hydrogen-bond donors (Lipinski definition) is 2. The van der Waals surface area contributed by atoms with Crippen molar-refractivity contribution in [3.63, 3.8) is 0 Å². The average molecular weight is 284 g/mol. The molecular weight excluding hydrogens is 264 g/mol. The third kappa shape index (κ3) is 4.04. The monoisotopic (exact) mass is 284 g/mol. The van der Waals surface area contributed by atoms with E-state index in [1.807, 2.05) is 6.07 Å². The normalized spacial score (nSPS) is 14.7. The molecule has 0 saturated heterocycles. The standard InChI is InChI=1S/C13H20N2O3S/c1-10(8-9-14)19(17,18)11(2)13(16)15-12-6-4-3-5-7-12/h3-7,10-11H,8-9,14H2,1-2H3,(H,15,16). The van der Waals surface area contributed by atoms with Crippen LogP contribution in [0.2, 0.25) is 0 Å². The van der Waals surface area contributed by atoms with Gasteiger partial charge in [-0.3, -0.25) is 4.79 Å². The quantitative estimate of drug-likeness (QED) is 0.820. The number of sulfone groups is 1. The highest BCUT2D eigenvalue weighted by Gasteiger charge is 2.32. The zero-order chi connectivity index (χ0) is 14.5. The van der Waals surface area contributed by atoms with E-state index < -0.39 is 26.2 Å². The Hall–Kier alpha value is -1.40. The topological polar surface area (TPSA) is 89.3 Å². The molecular formula is C13H20N2O3S. The Bertz CT molecular complexity index is 514. The summed E-state index contributed by atoms with van der Waals surface area (Å²) in [6, 6.07) is 8.78. The molecule has 1 aromatic carbocycles. The number of carbonyl (C=O) groups is 1. The molecule has 0 aromatic heterocycles. The fourth-order valence-corrected chi connectivity index (χ4v) is 3.18. The summed E-state index contributed by atoms with van der Waals surface area (Å²) in [5.74, 6) is -0.518. The fourth-order valence-electron chi connectivity index (χ4n) is 1.66. The Morgan fingerprint density at radius 1 is 1.26 bits per heavy atom. The highest BCUT2D eigenvalue weighted by atomic mass is 32.2.